The van der Waals surface area contributed by atoms with Crippen molar-refractivity contribution in [3.05, 3.63) is 113 Å². The summed E-state index contributed by atoms with van der Waals surface area (Å²) in [5.41, 5.74) is 4.78. The van der Waals surface area contributed by atoms with Crippen molar-refractivity contribution in [2.24, 2.45) is 10.9 Å². The molecule has 1 unspecified atom stereocenters. The first-order valence-corrected chi connectivity index (χ1v) is 11.9. The average Bonchev–Trinajstić information content (AvgIpc) is 2.88. The van der Waals surface area contributed by atoms with Crippen LogP contribution in [0.3, 0.4) is 0 Å². The number of hydrogen-bond donors (Lipinski definition) is 1. The van der Waals surface area contributed by atoms with Gasteiger partial charge in [-0.05, 0) is 48.1 Å². The van der Waals surface area contributed by atoms with Crippen LogP contribution in [0.25, 0.3) is 0 Å². The monoisotopic (exact) mass is 465 g/mol. The van der Waals surface area contributed by atoms with Crippen molar-refractivity contribution >= 4 is 17.5 Å². The SMILES string of the molecule is CC1=NC2=C(C(=O)C[C@H](c3ccccc3)C2)[C@@H](c2ccc(O)cc2)C1C(=O)OCc1ccccc1. The zero-order valence-electron chi connectivity index (χ0n) is 19.6. The molecule has 5 nitrogen and oxygen atoms in total. The van der Waals surface area contributed by atoms with Gasteiger partial charge in [0.15, 0.2) is 5.78 Å². The van der Waals surface area contributed by atoms with E-state index in [1.54, 1.807) is 24.3 Å². The van der Waals surface area contributed by atoms with Gasteiger partial charge in [0.1, 0.15) is 18.3 Å². The molecule has 2 aliphatic rings. The maximum Gasteiger partial charge on any atom is 0.315 e. The first-order chi connectivity index (χ1) is 17.0. The van der Waals surface area contributed by atoms with Crippen molar-refractivity contribution in [1.82, 2.24) is 0 Å². The molecule has 0 saturated heterocycles. The Morgan fingerprint density at radius 1 is 0.914 bits per heavy atom. The number of ether oxygens (including phenoxy) is 1. The number of Topliss-reactive ketones (excluding diaryl/α,β-unsaturated/α-hetero) is 1. The Kier molecular flexibility index (Phi) is 6.32. The van der Waals surface area contributed by atoms with E-state index in [9.17, 15) is 14.7 Å². The standard InChI is InChI=1S/C30H27NO4/c1-19-27(30(34)35-18-20-8-4-2-5-9-20)28(22-12-14-24(32)15-13-22)29-25(31-19)16-23(17-26(29)33)21-10-6-3-7-11-21/h2-15,23,27-28,32H,16-18H2,1H3/t23-,27?,28+/m1/s1. The Morgan fingerprint density at radius 3 is 2.26 bits per heavy atom. The zero-order valence-corrected chi connectivity index (χ0v) is 19.6. The molecule has 3 atom stereocenters. The number of phenolic OH excluding ortho intramolecular Hbond substituents is 1. The minimum absolute atomic E-state index is 0.00953. The molecule has 1 aliphatic carbocycles. The summed E-state index contributed by atoms with van der Waals surface area (Å²) in [5.74, 6) is -1.42. The molecule has 0 saturated carbocycles. The van der Waals surface area contributed by atoms with E-state index in [4.69, 9.17) is 9.73 Å². The molecule has 0 fully saturated rings. The number of carbonyl (C=O) groups is 2. The molecule has 1 heterocycles. The van der Waals surface area contributed by atoms with E-state index in [1.807, 2.05) is 67.6 Å². The van der Waals surface area contributed by atoms with Crippen LogP contribution in [0.1, 0.15) is 48.3 Å². The van der Waals surface area contributed by atoms with E-state index >= 15 is 0 Å². The lowest BCUT2D eigenvalue weighted by Crippen LogP contribution is -2.38. The zero-order chi connectivity index (χ0) is 24.4. The Morgan fingerprint density at radius 2 is 1.57 bits per heavy atom. The summed E-state index contributed by atoms with van der Waals surface area (Å²) in [6.45, 7) is 1.99. The molecular formula is C30H27NO4. The number of esters is 1. The van der Waals surface area contributed by atoms with E-state index in [0.29, 0.717) is 24.1 Å². The van der Waals surface area contributed by atoms with Gasteiger partial charge in [0.2, 0.25) is 0 Å². The van der Waals surface area contributed by atoms with Crippen LogP contribution >= 0.6 is 0 Å². The molecule has 3 aromatic carbocycles. The van der Waals surface area contributed by atoms with Crippen molar-refractivity contribution in [3.63, 3.8) is 0 Å². The van der Waals surface area contributed by atoms with Crippen molar-refractivity contribution < 1.29 is 19.4 Å². The van der Waals surface area contributed by atoms with Crippen molar-refractivity contribution in [3.8, 4) is 5.75 Å². The average molecular weight is 466 g/mol. The quantitative estimate of drug-likeness (QED) is 0.490. The fraction of sp³-hybridized carbons (Fsp3) is 0.233. The minimum Gasteiger partial charge on any atom is -0.508 e. The van der Waals surface area contributed by atoms with E-state index in [-0.39, 0.29) is 24.1 Å². The first kappa shape index (κ1) is 22.8. The van der Waals surface area contributed by atoms with Crippen LogP contribution in [-0.2, 0) is 20.9 Å². The van der Waals surface area contributed by atoms with Crippen molar-refractivity contribution in [2.45, 2.75) is 38.2 Å². The van der Waals surface area contributed by atoms with Gasteiger partial charge in [0, 0.05) is 29.3 Å². The maximum absolute atomic E-state index is 13.6. The number of aliphatic imine (C=N–C) groups is 1. The summed E-state index contributed by atoms with van der Waals surface area (Å²) in [5, 5.41) is 9.84. The van der Waals surface area contributed by atoms with E-state index in [2.05, 4.69) is 0 Å². The van der Waals surface area contributed by atoms with Gasteiger partial charge in [-0.1, -0.05) is 72.8 Å². The number of allylic oxidation sites excluding steroid dienone is 2. The Bertz CT molecular complexity index is 1290. The number of phenols is 1. The largest absolute Gasteiger partial charge is 0.508 e. The van der Waals surface area contributed by atoms with Gasteiger partial charge >= 0.3 is 5.97 Å². The summed E-state index contributed by atoms with van der Waals surface area (Å²) >= 11 is 0. The number of hydrogen-bond acceptors (Lipinski definition) is 5. The van der Waals surface area contributed by atoms with E-state index in [1.165, 1.54) is 0 Å². The number of rotatable bonds is 5. The lowest BCUT2D eigenvalue weighted by Gasteiger charge is -2.36. The Hall–Kier alpha value is -3.99. The summed E-state index contributed by atoms with van der Waals surface area (Å²) in [6, 6.07) is 26.3. The number of aromatic hydroxyl groups is 1. The lowest BCUT2D eigenvalue weighted by molar-refractivity contribution is -0.148. The molecule has 176 valence electrons. The molecule has 0 amide bonds. The highest BCUT2D eigenvalue weighted by Crippen LogP contribution is 2.47. The van der Waals surface area contributed by atoms with Gasteiger partial charge in [-0.2, -0.15) is 0 Å². The van der Waals surface area contributed by atoms with Gasteiger partial charge in [-0.3, -0.25) is 14.6 Å². The van der Waals surface area contributed by atoms with Crippen molar-refractivity contribution in [2.75, 3.05) is 0 Å². The summed E-state index contributed by atoms with van der Waals surface area (Å²) in [6.07, 6.45) is 1.01. The van der Waals surface area contributed by atoms with Gasteiger partial charge in [0.05, 0.1) is 0 Å². The van der Waals surface area contributed by atoms with Crippen LogP contribution in [0.2, 0.25) is 0 Å². The second-order valence-corrected chi connectivity index (χ2v) is 9.19. The molecule has 0 bridgehead atoms. The topological polar surface area (TPSA) is 76.0 Å². The molecule has 1 aliphatic heterocycles. The molecule has 0 spiro atoms. The van der Waals surface area contributed by atoms with Crippen LogP contribution in [0, 0.1) is 5.92 Å². The van der Waals surface area contributed by atoms with Crippen LogP contribution in [0.15, 0.2) is 101 Å². The third-order valence-electron chi connectivity index (χ3n) is 6.89. The molecule has 35 heavy (non-hydrogen) atoms. The highest BCUT2D eigenvalue weighted by atomic mass is 16.5. The summed E-state index contributed by atoms with van der Waals surface area (Å²) in [4.78, 5) is 31.8. The highest BCUT2D eigenvalue weighted by Gasteiger charge is 2.44. The third kappa shape index (κ3) is 4.67. The van der Waals surface area contributed by atoms with Crippen LogP contribution in [0.4, 0.5) is 0 Å². The van der Waals surface area contributed by atoms with Crippen LogP contribution in [-0.4, -0.2) is 22.6 Å². The predicted molar refractivity (Wildman–Crippen MR) is 134 cm³/mol. The van der Waals surface area contributed by atoms with Crippen LogP contribution in [0.5, 0.6) is 5.75 Å². The molecule has 5 heteroatoms. The molecular weight excluding hydrogens is 438 g/mol. The van der Waals surface area contributed by atoms with Gasteiger partial charge in [0.25, 0.3) is 0 Å². The number of ketones is 1. The lowest BCUT2D eigenvalue weighted by atomic mass is 9.69. The van der Waals surface area contributed by atoms with Gasteiger partial charge < -0.3 is 9.84 Å². The van der Waals surface area contributed by atoms with Crippen molar-refractivity contribution in [1.29, 1.82) is 0 Å². The van der Waals surface area contributed by atoms with E-state index < -0.39 is 17.8 Å². The normalized spacial score (nSPS) is 21.8. The van der Waals surface area contributed by atoms with Gasteiger partial charge in [-0.25, -0.2) is 0 Å². The first-order valence-electron chi connectivity index (χ1n) is 11.9. The van der Waals surface area contributed by atoms with Crippen LogP contribution < -0.4 is 0 Å². The number of carbonyl (C=O) groups excluding carboxylic acids is 2. The molecule has 5 rings (SSSR count). The van der Waals surface area contributed by atoms with E-state index in [0.717, 1.165) is 22.4 Å². The fourth-order valence-electron chi connectivity index (χ4n) is 5.19. The second-order valence-electron chi connectivity index (χ2n) is 9.19. The predicted octanol–water partition coefficient (Wildman–Crippen LogP) is 5.71. The minimum atomic E-state index is -0.709. The third-order valence-corrected chi connectivity index (χ3v) is 6.89. The molecule has 0 aromatic heterocycles. The summed E-state index contributed by atoms with van der Waals surface area (Å²) in [7, 11) is 0. The highest BCUT2D eigenvalue weighted by molar-refractivity contribution is 6.09. The number of benzene rings is 3. The fourth-order valence-corrected chi connectivity index (χ4v) is 5.19. The Labute approximate surface area is 204 Å². The molecule has 3 aromatic rings. The molecule has 0 radical (unpaired) electrons. The van der Waals surface area contributed by atoms with Gasteiger partial charge in [-0.15, -0.1) is 0 Å². The smallest absolute Gasteiger partial charge is 0.315 e. The molecule has 1 N–H and O–H groups in total. The number of nitrogens with zero attached hydrogens (tertiary/aromatic N) is 1. The second kappa shape index (κ2) is 9.71. The maximum atomic E-state index is 13.6. The summed E-state index contributed by atoms with van der Waals surface area (Å²) < 4.78 is 5.72. The Balaban J connectivity index is 1.51.